The van der Waals surface area contributed by atoms with E-state index in [0.717, 1.165) is 6.54 Å². The van der Waals surface area contributed by atoms with Crippen LogP contribution in [0.5, 0.6) is 0 Å². The zero-order valence-corrected chi connectivity index (χ0v) is 7.53. The molecule has 1 N–H and O–H groups in total. The lowest BCUT2D eigenvalue weighted by Crippen LogP contribution is -2.27. The molecule has 0 saturated heterocycles. The zero-order chi connectivity index (χ0) is 9.52. The Bertz CT molecular complexity index is 264. The van der Waals surface area contributed by atoms with Gasteiger partial charge in [0.1, 0.15) is 0 Å². The van der Waals surface area contributed by atoms with E-state index in [4.69, 9.17) is 9.78 Å². The molecule has 5 nitrogen and oxygen atoms in total. The number of nitriles is 1. The van der Waals surface area contributed by atoms with Gasteiger partial charge in [0.25, 0.3) is 0 Å². The first-order valence-electron chi connectivity index (χ1n) is 4.19. The highest BCUT2D eigenvalue weighted by atomic mass is 16.5. The maximum Gasteiger partial charge on any atom is 0.227 e. The number of nitrogens with one attached hydrogen (secondary N) is 1. The summed E-state index contributed by atoms with van der Waals surface area (Å²) in [4.78, 5) is 3.88. The Morgan fingerprint density at radius 1 is 1.77 bits per heavy atom. The Hall–Kier alpha value is -1.41. The Morgan fingerprint density at radius 2 is 2.62 bits per heavy atom. The summed E-state index contributed by atoms with van der Waals surface area (Å²) in [7, 11) is 0. The van der Waals surface area contributed by atoms with Crippen LogP contribution >= 0.6 is 0 Å². The van der Waals surface area contributed by atoms with E-state index in [1.807, 2.05) is 6.92 Å². The molecule has 1 aromatic rings. The van der Waals surface area contributed by atoms with E-state index >= 15 is 0 Å². The highest BCUT2D eigenvalue weighted by Crippen LogP contribution is 1.92. The van der Waals surface area contributed by atoms with Crippen molar-refractivity contribution in [2.24, 2.45) is 0 Å². The average Bonchev–Trinajstić information content (AvgIpc) is 2.57. The van der Waals surface area contributed by atoms with E-state index < -0.39 is 0 Å². The Labute approximate surface area is 76.7 Å². The van der Waals surface area contributed by atoms with Crippen molar-refractivity contribution in [2.45, 2.75) is 25.8 Å². The molecule has 5 heteroatoms. The predicted molar refractivity (Wildman–Crippen MR) is 45.7 cm³/mol. The molecule has 70 valence electrons. The van der Waals surface area contributed by atoms with Gasteiger partial charge in [0.15, 0.2) is 6.33 Å². The molecule has 0 amide bonds. The van der Waals surface area contributed by atoms with Gasteiger partial charge in [0.05, 0.1) is 12.5 Å². The number of hydrogen-bond donors (Lipinski definition) is 1. The van der Waals surface area contributed by atoms with Crippen LogP contribution in [0, 0.1) is 11.3 Å². The van der Waals surface area contributed by atoms with Crippen molar-refractivity contribution in [3.63, 3.8) is 0 Å². The maximum absolute atomic E-state index is 8.39. The van der Waals surface area contributed by atoms with Crippen LogP contribution in [-0.2, 0) is 6.42 Å². The van der Waals surface area contributed by atoms with Crippen LogP contribution in [0.2, 0.25) is 0 Å². The molecular weight excluding hydrogens is 168 g/mol. The quantitative estimate of drug-likeness (QED) is 0.714. The summed E-state index contributed by atoms with van der Waals surface area (Å²) in [5.74, 6) is 0.622. The predicted octanol–water partition coefficient (Wildman–Crippen LogP) is 0.504. The fraction of sp³-hybridized carbons (Fsp3) is 0.625. The molecule has 0 aliphatic heterocycles. The molecule has 1 rings (SSSR count). The first-order chi connectivity index (χ1) is 6.33. The number of rotatable bonds is 5. The van der Waals surface area contributed by atoms with Crippen LogP contribution in [0.1, 0.15) is 19.2 Å². The SMILES string of the molecule is CC(CC#N)NCCc1ncno1. The number of hydrogen-bond acceptors (Lipinski definition) is 5. The summed E-state index contributed by atoms with van der Waals surface area (Å²) in [5.41, 5.74) is 0. The van der Waals surface area contributed by atoms with Crippen molar-refractivity contribution < 1.29 is 4.52 Å². The van der Waals surface area contributed by atoms with Crippen molar-refractivity contribution in [3.05, 3.63) is 12.2 Å². The minimum Gasteiger partial charge on any atom is -0.340 e. The second-order valence-electron chi connectivity index (χ2n) is 2.80. The van der Waals surface area contributed by atoms with E-state index in [1.165, 1.54) is 6.33 Å². The molecule has 0 aliphatic rings. The van der Waals surface area contributed by atoms with Gasteiger partial charge < -0.3 is 9.84 Å². The van der Waals surface area contributed by atoms with Gasteiger partial charge in [-0.2, -0.15) is 10.2 Å². The first-order valence-corrected chi connectivity index (χ1v) is 4.19. The van der Waals surface area contributed by atoms with E-state index in [-0.39, 0.29) is 6.04 Å². The molecular formula is C8H12N4O. The second-order valence-corrected chi connectivity index (χ2v) is 2.80. The fourth-order valence-corrected chi connectivity index (χ4v) is 0.941. The van der Waals surface area contributed by atoms with Crippen LogP contribution in [0.4, 0.5) is 0 Å². The molecule has 1 heterocycles. The van der Waals surface area contributed by atoms with E-state index in [0.29, 0.717) is 18.7 Å². The molecule has 0 radical (unpaired) electrons. The molecule has 1 atom stereocenters. The largest absolute Gasteiger partial charge is 0.340 e. The highest BCUT2D eigenvalue weighted by molar-refractivity contribution is 4.80. The lowest BCUT2D eigenvalue weighted by Gasteiger charge is -2.07. The summed E-state index contributed by atoms with van der Waals surface area (Å²) in [6, 6.07) is 2.31. The summed E-state index contributed by atoms with van der Waals surface area (Å²) in [6.07, 6.45) is 2.60. The van der Waals surface area contributed by atoms with Gasteiger partial charge in [-0.1, -0.05) is 5.16 Å². The summed E-state index contributed by atoms with van der Waals surface area (Å²) in [6.45, 7) is 2.72. The normalized spacial score (nSPS) is 12.3. The third-order valence-electron chi connectivity index (χ3n) is 1.64. The summed E-state index contributed by atoms with van der Waals surface area (Å²) >= 11 is 0. The van der Waals surface area contributed by atoms with E-state index in [2.05, 4.69) is 21.5 Å². The fourth-order valence-electron chi connectivity index (χ4n) is 0.941. The Kier molecular flexibility index (Phi) is 3.93. The standard InChI is InChI=1S/C8H12N4O/c1-7(2-4-9)10-5-3-8-11-6-12-13-8/h6-7,10H,2-3,5H2,1H3. The van der Waals surface area contributed by atoms with Crippen molar-refractivity contribution >= 4 is 0 Å². The lowest BCUT2D eigenvalue weighted by molar-refractivity contribution is 0.372. The third-order valence-corrected chi connectivity index (χ3v) is 1.64. The molecule has 0 aromatic carbocycles. The number of nitrogens with zero attached hydrogens (tertiary/aromatic N) is 3. The van der Waals surface area contributed by atoms with Crippen LogP contribution in [0.15, 0.2) is 10.9 Å². The molecule has 1 aromatic heterocycles. The van der Waals surface area contributed by atoms with Gasteiger partial charge in [-0.05, 0) is 6.92 Å². The van der Waals surface area contributed by atoms with Crippen molar-refractivity contribution in [3.8, 4) is 6.07 Å². The van der Waals surface area contributed by atoms with E-state index in [1.54, 1.807) is 0 Å². The van der Waals surface area contributed by atoms with Gasteiger partial charge in [0.2, 0.25) is 5.89 Å². The van der Waals surface area contributed by atoms with Crippen LogP contribution < -0.4 is 5.32 Å². The lowest BCUT2D eigenvalue weighted by atomic mass is 10.2. The second kappa shape index (κ2) is 5.27. The smallest absolute Gasteiger partial charge is 0.227 e. The van der Waals surface area contributed by atoms with Gasteiger partial charge in [0, 0.05) is 19.0 Å². The average molecular weight is 180 g/mol. The minimum absolute atomic E-state index is 0.216. The molecule has 0 fully saturated rings. The van der Waals surface area contributed by atoms with Crippen molar-refractivity contribution in [1.29, 1.82) is 5.26 Å². The van der Waals surface area contributed by atoms with Gasteiger partial charge in [-0.15, -0.1) is 0 Å². The monoisotopic (exact) mass is 180 g/mol. The molecule has 13 heavy (non-hydrogen) atoms. The van der Waals surface area contributed by atoms with E-state index in [9.17, 15) is 0 Å². The summed E-state index contributed by atoms with van der Waals surface area (Å²) < 4.78 is 4.81. The molecule has 0 bridgehead atoms. The highest BCUT2D eigenvalue weighted by Gasteiger charge is 2.01. The summed E-state index contributed by atoms with van der Waals surface area (Å²) in [5, 5.41) is 15.1. The molecule has 0 aliphatic carbocycles. The van der Waals surface area contributed by atoms with Gasteiger partial charge in [-0.3, -0.25) is 0 Å². The van der Waals surface area contributed by atoms with Crippen LogP contribution in [-0.4, -0.2) is 22.7 Å². The first kappa shape index (κ1) is 9.68. The van der Waals surface area contributed by atoms with Crippen molar-refractivity contribution in [2.75, 3.05) is 6.54 Å². The van der Waals surface area contributed by atoms with Gasteiger partial charge in [-0.25, -0.2) is 0 Å². The van der Waals surface area contributed by atoms with Gasteiger partial charge >= 0.3 is 0 Å². The topological polar surface area (TPSA) is 74.7 Å². The van der Waals surface area contributed by atoms with Crippen LogP contribution in [0.3, 0.4) is 0 Å². The van der Waals surface area contributed by atoms with Crippen LogP contribution in [0.25, 0.3) is 0 Å². The number of aromatic nitrogens is 2. The maximum atomic E-state index is 8.39. The zero-order valence-electron chi connectivity index (χ0n) is 7.53. The molecule has 1 unspecified atom stereocenters. The molecule has 0 saturated carbocycles. The Morgan fingerprint density at radius 3 is 3.23 bits per heavy atom. The minimum atomic E-state index is 0.216. The molecule has 0 spiro atoms. The van der Waals surface area contributed by atoms with Crippen molar-refractivity contribution in [1.82, 2.24) is 15.5 Å². The Balaban J connectivity index is 2.11. The third kappa shape index (κ3) is 3.67.